The second-order valence-corrected chi connectivity index (χ2v) is 3.24. The fraction of sp³-hybridized carbons (Fsp3) is 0.200. The van der Waals surface area contributed by atoms with E-state index in [0.717, 1.165) is 12.1 Å². The number of rotatable bonds is 3. The van der Waals surface area contributed by atoms with E-state index in [1.807, 2.05) is 0 Å². The third-order valence-electron chi connectivity index (χ3n) is 1.95. The van der Waals surface area contributed by atoms with Crippen LogP contribution in [0.4, 0.5) is 17.6 Å². The minimum absolute atomic E-state index is 0.489. The lowest BCUT2D eigenvalue weighted by molar-refractivity contribution is -0.140. The Morgan fingerprint density at radius 1 is 1.28 bits per heavy atom. The van der Waals surface area contributed by atoms with E-state index in [2.05, 4.69) is 0 Å². The zero-order valence-corrected chi connectivity index (χ0v) is 8.71. The number of carbonyl (C=O) groups excluding carboxylic acids is 1. The highest BCUT2D eigenvalue weighted by molar-refractivity contribution is 5.96. The van der Waals surface area contributed by atoms with Gasteiger partial charge in [-0.05, 0) is 12.1 Å². The van der Waals surface area contributed by atoms with Crippen molar-refractivity contribution in [2.75, 3.05) is 6.54 Å². The maximum Gasteiger partial charge on any atom is 0.419 e. The van der Waals surface area contributed by atoms with Gasteiger partial charge in [0.15, 0.2) is 0 Å². The molecule has 0 aliphatic carbocycles. The maximum absolute atomic E-state index is 13.4. The molecule has 0 fully saturated rings. The van der Waals surface area contributed by atoms with Gasteiger partial charge in [0.25, 0.3) is 5.91 Å². The van der Waals surface area contributed by atoms with Crippen LogP contribution >= 0.6 is 0 Å². The summed E-state index contributed by atoms with van der Waals surface area (Å²) < 4.78 is 50.4. The third kappa shape index (κ3) is 3.19. The average Bonchev–Trinajstić information content (AvgIpc) is 2.24. The van der Waals surface area contributed by atoms with Crippen molar-refractivity contribution >= 4 is 11.9 Å². The molecule has 0 saturated carbocycles. The van der Waals surface area contributed by atoms with E-state index in [9.17, 15) is 27.2 Å². The molecular formula is C10H7F4NO3. The second kappa shape index (κ2) is 5.03. The van der Waals surface area contributed by atoms with Gasteiger partial charge in [0, 0.05) is 0 Å². The second-order valence-electron chi connectivity index (χ2n) is 3.24. The normalized spacial score (nSPS) is 11.1. The molecule has 0 bridgehead atoms. The van der Waals surface area contributed by atoms with Gasteiger partial charge in [-0.1, -0.05) is 6.07 Å². The maximum atomic E-state index is 13.4. The van der Waals surface area contributed by atoms with Gasteiger partial charge < -0.3 is 10.4 Å². The van der Waals surface area contributed by atoms with Crippen LogP contribution in [0.15, 0.2) is 18.2 Å². The summed E-state index contributed by atoms with van der Waals surface area (Å²) in [6.45, 7) is -0.811. The van der Waals surface area contributed by atoms with Crippen LogP contribution in [0.5, 0.6) is 0 Å². The van der Waals surface area contributed by atoms with E-state index in [1.54, 1.807) is 5.32 Å². The summed E-state index contributed by atoms with van der Waals surface area (Å²) in [4.78, 5) is 21.4. The molecule has 0 aromatic heterocycles. The van der Waals surface area contributed by atoms with Crippen LogP contribution in [-0.4, -0.2) is 23.5 Å². The van der Waals surface area contributed by atoms with Crippen molar-refractivity contribution in [2.45, 2.75) is 6.18 Å². The zero-order chi connectivity index (χ0) is 13.9. The molecule has 0 spiro atoms. The molecule has 0 unspecified atom stereocenters. The predicted molar refractivity (Wildman–Crippen MR) is 51.4 cm³/mol. The van der Waals surface area contributed by atoms with Crippen molar-refractivity contribution in [3.63, 3.8) is 0 Å². The summed E-state index contributed by atoms with van der Waals surface area (Å²) in [5.74, 6) is -4.34. The number of carboxylic acid groups (broad SMARTS) is 1. The third-order valence-corrected chi connectivity index (χ3v) is 1.95. The minimum Gasteiger partial charge on any atom is -0.480 e. The number of hydrogen-bond acceptors (Lipinski definition) is 2. The van der Waals surface area contributed by atoms with Gasteiger partial charge in [0.1, 0.15) is 12.4 Å². The summed E-state index contributed by atoms with van der Waals surface area (Å²) in [5, 5.41) is 10.0. The molecule has 0 radical (unpaired) electrons. The molecule has 2 N–H and O–H groups in total. The van der Waals surface area contributed by atoms with Crippen LogP contribution in [0.2, 0.25) is 0 Å². The van der Waals surface area contributed by atoms with Crippen molar-refractivity contribution in [1.29, 1.82) is 0 Å². The SMILES string of the molecule is O=C(O)CNC(=O)c1cccc(C(F)(F)F)c1F. The number of alkyl halides is 3. The molecule has 98 valence electrons. The molecule has 1 aromatic rings. The Hall–Kier alpha value is -2.12. The highest BCUT2D eigenvalue weighted by Crippen LogP contribution is 2.32. The molecule has 0 aliphatic heterocycles. The van der Waals surface area contributed by atoms with Gasteiger partial charge >= 0.3 is 12.1 Å². The molecule has 0 heterocycles. The van der Waals surface area contributed by atoms with Crippen molar-refractivity contribution in [2.24, 2.45) is 0 Å². The van der Waals surface area contributed by atoms with Crippen LogP contribution < -0.4 is 5.32 Å². The fourth-order valence-corrected chi connectivity index (χ4v) is 1.18. The summed E-state index contributed by atoms with van der Waals surface area (Å²) >= 11 is 0. The lowest BCUT2D eigenvalue weighted by Crippen LogP contribution is -2.30. The van der Waals surface area contributed by atoms with Crippen LogP contribution in [0.3, 0.4) is 0 Å². The highest BCUT2D eigenvalue weighted by atomic mass is 19.4. The number of carboxylic acids is 1. The molecule has 8 heteroatoms. The monoisotopic (exact) mass is 265 g/mol. The van der Waals surface area contributed by atoms with Gasteiger partial charge in [-0.25, -0.2) is 4.39 Å². The quantitative estimate of drug-likeness (QED) is 0.817. The molecule has 0 atom stereocenters. The Morgan fingerprint density at radius 3 is 2.39 bits per heavy atom. The lowest BCUT2D eigenvalue weighted by Gasteiger charge is -2.10. The molecule has 0 saturated heterocycles. The summed E-state index contributed by atoms with van der Waals surface area (Å²) in [5.41, 5.74) is -2.43. The van der Waals surface area contributed by atoms with Crippen molar-refractivity contribution in [3.8, 4) is 0 Å². The fourth-order valence-electron chi connectivity index (χ4n) is 1.18. The lowest BCUT2D eigenvalue weighted by atomic mass is 10.1. The Balaban J connectivity index is 3.04. The zero-order valence-electron chi connectivity index (χ0n) is 8.71. The highest BCUT2D eigenvalue weighted by Gasteiger charge is 2.35. The summed E-state index contributed by atoms with van der Waals surface area (Å²) in [6.07, 6.45) is -4.92. The van der Waals surface area contributed by atoms with E-state index in [1.165, 1.54) is 0 Å². The van der Waals surface area contributed by atoms with Gasteiger partial charge in [0.05, 0.1) is 11.1 Å². The Bertz CT molecular complexity index is 485. The van der Waals surface area contributed by atoms with Crippen molar-refractivity contribution < 1.29 is 32.3 Å². The number of nitrogens with one attached hydrogen (secondary N) is 1. The Labute approximate surface area is 98.2 Å². The predicted octanol–water partition coefficient (Wildman–Crippen LogP) is 1.66. The van der Waals surface area contributed by atoms with Crippen LogP contribution in [-0.2, 0) is 11.0 Å². The van der Waals surface area contributed by atoms with Crippen molar-refractivity contribution in [1.82, 2.24) is 5.32 Å². The first-order valence-corrected chi connectivity index (χ1v) is 4.59. The van der Waals surface area contributed by atoms with E-state index in [0.29, 0.717) is 6.07 Å². The van der Waals surface area contributed by atoms with Crippen LogP contribution in [0.1, 0.15) is 15.9 Å². The van der Waals surface area contributed by atoms with Gasteiger partial charge in [-0.3, -0.25) is 9.59 Å². The Morgan fingerprint density at radius 2 is 1.89 bits per heavy atom. The van der Waals surface area contributed by atoms with Crippen LogP contribution in [0.25, 0.3) is 0 Å². The molecule has 4 nitrogen and oxygen atoms in total. The van der Waals surface area contributed by atoms with Crippen molar-refractivity contribution in [3.05, 3.63) is 35.1 Å². The number of aliphatic carboxylic acids is 1. The molecular weight excluding hydrogens is 258 g/mol. The minimum atomic E-state index is -4.92. The van der Waals surface area contributed by atoms with E-state index in [4.69, 9.17) is 5.11 Å². The number of halogens is 4. The number of hydrogen-bond donors (Lipinski definition) is 2. The van der Waals surface area contributed by atoms with Crippen LogP contribution in [0, 0.1) is 5.82 Å². The first-order valence-electron chi connectivity index (χ1n) is 4.59. The molecule has 1 rings (SSSR count). The Kier molecular flexibility index (Phi) is 3.89. The first-order chi connectivity index (χ1) is 8.23. The van der Waals surface area contributed by atoms with Gasteiger partial charge in [-0.15, -0.1) is 0 Å². The number of carbonyl (C=O) groups is 2. The summed E-state index contributed by atoms with van der Waals surface area (Å²) in [6, 6.07) is 2.19. The number of amides is 1. The molecule has 1 aromatic carbocycles. The first kappa shape index (κ1) is 13.9. The largest absolute Gasteiger partial charge is 0.480 e. The molecule has 1 amide bonds. The van der Waals surface area contributed by atoms with E-state index in [-0.39, 0.29) is 0 Å². The number of benzene rings is 1. The smallest absolute Gasteiger partial charge is 0.419 e. The molecule has 0 aliphatic rings. The average molecular weight is 265 g/mol. The van der Waals surface area contributed by atoms with E-state index >= 15 is 0 Å². The topological polar surface area (TPSA) is 66.4 Å². The molecule has 18 heavy (non-hydrogen) atoms. The van der Waals surface area contributed by atoms with Gasteiger partial charge in [0.2, 0.25) is 0 Å². The van der Waals surface area contributed by atoms with Gasteiger partial charge in [-0.2, -0.15) is 13.2 Å². The van der Waals surface area contributed by atoms with E-state index < -0.39 is 41.5 Å². The summed E-state index contributed by atoms with van der Waals surface area (Å²) in [7, 11) is 0. The standard InChI is InChI=1S/C10H7F4NO3/c11-8-5(9(18)15-4-7(16)17)2-1-3-6(8)10(12,13)14/h1-3H,4H2,(H,15,18)(H,16,17).